The van der Waals surface area contributed by atoms with Crippen molar-refractivity contribution in [1.82, 2.24) is 4.72 Å². The maximum atomic E-state index is 12.0. The van der Waals surface area contributed by atoms with E-state index >= 15 is 0 Å². The summed E-state index contributed by atoms with van der Waals surface area (Å²) in [5.74, 6) is -1.06. The topological polar surface area (TPSA) is 83.5 Å². The zero-order valence-electron chi connectivity index (χ0n) is 10.0. The fraction of sp³-hybridized carbons (Fsp3) is 0.0833. The molecule has 1 aromatic heterocycles. The number of benzene rings is 1. The predicted molar refractivity (Wildman–Crippen MR) is 76.8 cm³/mol. The minimum Gasteiger partial charge on any atom is -0.478 e. The Morgan fingerprint density at radius 3 is 2.65 bits per heavy atom. The molecule has 0 aliphatic heterocycles. The molecule has 2 aromatic rings. The van der Waals surface area contributed by atoms with Crippen LogP contribution in [-0.2, 0) is 16.6 Å². The first-order valence-corrected chi connectivity index (χ1v) is 8.13. The highest BCUT2D eigenvalue weighted by atomic mass is 35.5. The van der Waals surface area contributed by atoms with Crippen molar-refractivity contribution >= 4 is 38.9 Å². The molecule has 0 fully saturated rings. The Balaban J connectivity index is 2.12. The number of nitrogens with one attached hydrogen (secondary N) is 1. The number of aromatic carboxylic acids is 1. The van der Waals surface area contributed by atoms with E-state index in [2.05, 4.69) is 4.72 Å². The Hall–Kier alpha value is -1.41. The molecule has 1 aromatic carbocycles. The minimum absolute atomic E-state index is 0.0129. The van der Waals surface area contributed by atoms with Crippen molar-refractivity contribution in [1.29, 1.82) is 0 Å². The van der Waals surface area contributed by atoms with Crippen molar-refractivity contribution in [2.45, 2.75) is 10.8 Å². The number of thiophene rings is 1. The first-order valence-electron chi connectivity index (χ1n) is 5.46. The van der Waals surface area contributed by atoms with Gasteiger partial charge in [-0.3, -0.25) is 0 Å². The van der Waals surface area contributed by atoms with Crippen LogP contribution in [-0.4, -0.2) is 19.5 Å². The SMILES string of the molecule is O=C(O)c1cccc(CNS(=O)(=O)c2ccc(Cl)s2)c1. The van der Waals surface area contributed by atoms with Gasteiger partial charge >= 0.3 is 5.97 Å². The lowest BCUT2D eigenvalue weighted by molar-refractivity contribution is 0.0696. The van der Waals surface area contributed by atoms with Crippen molar-refractivity contribution in [2.24, 2.45) is 0 Å². The molecule has 2 N–H and O–H groups in total. The highest BCUT2D eigenvalue weighted by molar-refractivity contribution is 7.91. The van der Waals surface area contributed by atoms with Crippen LogP contribution >= 0.6 is 22.9 Å². The number of hydrogen-bond acceptors (Lipinski definition) is 4. The van der Waals surface area contributed by atoms with Crippen molar-refractivity contribution in [3.63, 3.8) is 0 Å². The fourth-order valence-electron chi connectivity index (χ4n) is 1.51. The van der Waals surface area contributed by atoms with Crippen LogP contribution in [0.15, 0.2) is 40.6 Å². The second-order valence-corrected chi connectivity index (χ2v) is 7.60. The monoisotopic (exact) mass is 331 g/mol. The van der Waals surface area contributed by atoms with E-state index in [4.69, 9.17) is 16.7 Å². The molecule has 0 spiro atoms. The van der Waals surface area contributed by atoms with E-state index in [1.807, 2.05) is 0 Å². The molecule has 0 unspecified atom stereocenters. The largest absolute Gasteiger partial charge is 0.478 e. The average molecular weight is 332 g/mol. The van der Waals surface area contributed by atoms with Crippen molar-refractivity contribution in [3.8, 4) is 0 Å². The van der Waals surface area contributed by atoms with Crippen LogP contribution in [0.5, 0.6) is 0 Å². The molecule has 0 aliphatic rings. The van der Waals surface area contributed by atoms with Crippen LogP contribution in [0.1, 0.15) is 15.9 Å². The lowest BCUT2D eigenvalue weighted by atomic mass is 10.1. The molecule has 0 bridgehead atoms. The zero-order valence-corrected chi connectivity index (χ0v) is 12.4. The number of sulfonamides is 1. The Kier molecular flexibility index (Phi) is 4.44. The quantitative estimate of drug-likeness (QED) is 0.882. The van der Waals surface area contributed by atoms with Gasteiger partial charge in [0.15, 0.2) is 0 Å². The van der Waals surface area contributed by atoms with Gasteiger partial charge in [-0.2, -0.15) is 0 Å². The summed E-state index contributed by atoms with van der Waals surface area (Å²) in [6, 6.07) is 9.01. The summed E-state index contributed by atoms with van der Waals surface area (Å²) in [7, 11) is -3.63. The van der Waals surface area contributed by atoms with Crippen LogP contribution in [0, 0.1) is 0 Å². The van der Waals surface area contributed by atoms with E-state index < -0.39 is 16.0 Å². The minimum atomic E-state index is -3.63. The van der Waals surface area contributed by atoms with E-state index in [0.717, 1.165) is 11.3 Å². The highest BCUT2D eigenvalue weighted by Crippen LogP contribution is 2.25. The summed E-state index contributed by atoms with van der Waals surface area (Å²) in [6.45, 7) is 0.0129. The third-order valence-electron chi connectivity index (χ3n) is 2.45. The van der Waals surface area contributed by atoms with E-state index in [1.165, 1.54) is 24.3 Å². The number of carboxylic acid groups (broad SMARTS) is 1. The lowest BCUT2D eigenvalue weighted by Crippen LogP contribution is -2.22. The molecule has 8 heteroatoms. The Labute approximate surface area is 124 Å². The van der Waals surface area contributed by atoms with E-state index in [0.29, 0.717) is 9.90 Å². The summed E-state index contributed by atoms with van der Waals surface area (Å²) in [4.78, 5) is 10.8. The van der Waals surface area contributed by atoms with Gasteiger partial charge in [0.05, 0.1) is 9.90 Å². The van der Waals surface area contributed by atoms with Gasteiger partial charge in [-0.25, -0.2) is 17.9 Å². The van der Waals surface area contributed by atoms with Crippen LogP contribution in [0.25, 0.3) is 0 Å². The van der Waals surface area contributed by atoms with Crippen molar-refractivity contribution in [2.75, 3.05) is 0 Å². The third kappa shape index (κ3) is 3.57. The van der Waals surface area contributed by atoms with Crippen LogP contribution in [0.2, 0.25) is 4.34 Å². The maximum Gasteiger partial charge on any atom is 0.335 e. The summed E-state index contributed by atoms with van der Waals surface area (Å²) in [6.07, 6.45) is 0. The van der Waals surface area contributed by atoms with Crippen molar-refractivity contribution < 1.29 is 18.3 Å². The molecule has 2 rings (SSSR count). The van der Waals surface area contributed by atoms with E-state index in [1.54, 1.807) is 12.1 Å². The van der Waals surface area contributed by atoms with Crippen molar-refractivity contribution in [3.05, 3.63) is 51.9 Å². The third-order valence-corrected chi connectivity index (χ3v) is 5.58. The molecule has 20 heavy (non-hydrogen) atoms. The first kappa shape index (κ1) is 15.0. The zero-order chi connectivity index (χ0) is 14.8. The molecule has 0 saturated heterocycles. The van der Waals surface area contributed by atoms with E-state index in [-0.39, 0.29) is 16.3 Å². The Morgan fingerprint density at radius 2 is 2.05 bits per heavy atom. The molecule has 5 nitrogen and oxygen atoms in total. The molecular weight excluding hydrogens is 322 g/mol. The first-order chi connectivity index (χ1) is 9.38. The number of halogens is 1. The molecule has 0 amide bonds. The second-order valence-electron chi connectivity index (χ2n) is 3.89. The van der Waals surface area contributed by atoms with Gasteiger partial charge in [-0.15, -0.1) is 11.3 Å². The Morgan fingerprint density at radius 1 is 1.30 bits per heavy atom. The highest BCUT2D eigenvalue weighted by Gasteiger charge is 2.16. The van der Waals surface area contributed by atoms with Crippen LogP contribution in [0.3, 0.4) is 0 Å². The van der Waals surface area contributed by atoms with Crippen LogP contribution in [0.4, 0.5) is 0 Å². The van der Waals surface area contributed by atoms with Gasteiger partial charge in [-0.1, -0.05) is 23.7 Å². The standard InChI is InChI=1S/C12H10ClNO4S2/c13-10-4-5-11(19-10)20(17,18)14-7-8-2-1-3-9(6-8)12(15)16/h1-6,14H,7H2,(H,15,16). The number of rotatable bonds is 5. The number of carboxylic acids is 1. The maximum absolute atomic E-state index is 12.0. The fourth-order valence-corrected chi connectivity index (χ4v) is 4.05. The van der Waals surface area contributed by atoms with Crippen LogP contribution < -0.4 is 4.72 Å². The van der Waals surface area contributed by atoms with Gasteiger partial charge in [0.1, 0.15) is 4.21 Å². The summed E-state index contributed by atoms with van der Waals surface area (Å²) in [5, 5.41) is 8.87. The smallest absolute Gasteiger partial charge is 0.335 e. The molecule has 0 atom stereocenters. The molecule has 106 valence electrons. The normalized spacial score (nSPS) is 11.4. The molecule has 0 aliphatic carbocycles. The van der Waals surface area contributed by atoms with Gasteiger partial charge in [0, 0.05) is 6.54 Å². The van der Waals surface area contributed by atoms with E-state index in [9.17, 15) is 13.2 Å². The molecular formula is C12H10ClNO4S2. The molecule has 1 heterocycles. The summed E-state index contributed by atoms with van der Waals surface area (Å²) in [5.41, 5.74) is 0.678. The van der Waals surface area contributed by atoms with Gasteiger partial charge < -0.3 is 5.11 Å². The molecule has 0 radical (unpaired) electrons. The summed E-state index contributed by atoms with van der Waals surface area (Å²) >= 11 is 6.66. The second kappa shape index (κ2) is 5.92. The average Bonchev–Trinajstić information content (AvgIpc) is 2.84. The number of hydrogen-bond donors (Lipinski definition) is 2. The van der Waals surface area contributed by atoms with Gasteiger partial charge in [0.25, 0.3) is 0 Å². The summed E-state index contributed by atoms with van der Waals surface area (Å²) < 4.78 is 26.8. The predicted octanol–water partition coefficient (Wildman–Crippen LogP) is 2.58. The van der Waals surface area contributed by atoms with Gasteiger partial charge in [-0.05, 0) is 29.8 Å². The lowest BCUT2D eigenvalue weighted by Gasteiger charge is -2.05. The van der Waals surface area contributed by atoms with Gasteiger partial charge in [0.2, 0.25) is 10.0 Å². The molecule has 0 saturated carbocycles. The number of carbonyl (C=O) groups is 1. The Bertz CT molecular complexity index is 739.